The highest BCUT2D eigenvalue weighted by Crippen LogP contribution is 2.52. The first-order chi connectivity index (χ1) is 14.8. The van der Waals surface area contributed by atoms with E-state index in [-0.39, 0.29) is 11.7 Å². The number of ketones is 1. The van der Waals surface area contributed by atoms with Crippen molar-refractivity contribution in [2.75, 3.05) is 7.11 Å². The van der Waals surface area contributed by atoms with Gasteiger partial charge in [0.25, 0.3) is 0 Å². The third-order valence-electron chi connectivity index (χ3n) is 6.07. The van der Waals surface area contributed by atoms with Gasteiger partial charge in [0.15, 0.2) is 5.78 Å². The Labute approximate surface area is 174 Å². The van der Waals surface area contributed by atoms with Gasteiger partial charge in [0.1, 0.15) is 17.3 Å². The van der Waals surface area contributed by atoms with Crippen LogP contribution in [-0.2, 0) is 0 Å². The van der Waals surface area contributed by atoms with Crippen molar-refractivity contribution in [3.8, 4) is 11.5 Å². The summed E-state index contributed by atoms with van der Waals surface area (Å²) in [7, 11) is 1.66. The summed E-state index contributed by atoms with van der Waals surface area (Å²) in [5, 5.41) is 2.23. The van der Waals surface area contributed by atoms with Crippen molar-refractivity contribution in [1.82, 2.24) is 0 Å². The summed E-state index contributed by atoms with van der Waals surface area (Å²) in [6.45, 7) is 0. The van der Waals surface area contributed by atoms with Crippen LogP contribution in [0.25, 0.3) is 16.5 Å². The molecule has 3 nitrogen and oxygen atoms in total. The number of Topliss-reactive ketones (excluding diaryl/α,β-unsaturated/α-hetero) is 1. The van der Waals surface area contributed by atoms with Gasteiger partial charge in [-0.25, -0.2) is 0 Å². The van der Waals surface area contributed by atoms with E-state index in [0.717, 1.165) is 39.0 Å². The molecule has 4 aromatic carbocycles. The lowest BCUT2D eigenvalue weighted by molar-refractivity contribution is 0.103. The average Bonchev–Trinajstić information content (AvgIpc) is 3.09. The highest BCUT2D eigenvalue weighted by atomic mass is 16.5. The molecule has 1 heterocycles. The fraction of sp³-hybridized carbons (Fsp3) is 0.0741. The van der Waals surface area contributed by atoms with Crippen molar-refractivity contribution in [3.05, 3.63) is 113 Å². The Morgan fingerprint density at radius 1 is 0.800 bits per heavy atom. The van der Waals surface area contributed by atoms with Crippen LogP contribution in [0.2, 0.25) is 0 Å². The second-order valence-corrected chi connectivity index (χ2v) is 7.62. The van der Waals surface area contributed by atoms with E-state index >= 15 is 0 Å². The molecule has 6 rings (SSSR count). The Morgan fingerprint density at radius 2 is 1.53 bits per heavy atom. The third-order valence-corrected chi connectivity index (χ3v) is 6.07. The molecule has 0 radical (unpaired) electrons. The van der Waals surface area contributed by atoms with E-state index in [0.29, 0.717) is 16.9 Å². The molecule has 4 aromatic rings. The van der Waals surface area contributed by atoms with Gasteiger partial charge in [-0.2, -0.15) is 0 Å². The predicted octanol–water partition coefficient (Wildman–Crippen LogP) is 5.98. The number of carbonyl (C=O) groups excluding carboxylic acids is 1. The van der Waals surface area contributed by atoms with Crippen LogP contribution in [0.5, 0.6) is 11.5 Å². The van der Waals surface area contributed by atoms with E-state index in [4.69, 9.17) is 9.47 Å². The van der Waals surface area contributed by atoms with Crippen LogP contribution in [0, 0.1) is 0 Å². The van der Waals surface area contributed by atoms with E-state index in [1.807, 2.05) is 66.7 Å². The van der Waals surface area contributed by atoms with Gasteiger partial charge in [-0.05, 0) is 34.5 Å². The number of methoxy groups -OCH3 is 1. The van der Waals surface area contributed by atoms with E-state index < -0.39 is 0 Å². The molecule has 1 atom stereocenters. The number of allylic oxidation sites excluding steroid dienone is 1. The molecule has 0 amide bonds. The molecule has 30 heavy (non-hydrogen) atoms. The quantitative estimate of drug-likeness (QED) is 0.422. The van der Waals surface area contributed by atoms with E-state index in [1.165, 1.54) is 0 Å². The first-order valence-corrected chi connectivity index (χ1v) is 9.98. The highest BCUT2D eigenvalue weighted by molar-refractivity contribution is 6.22. The molecule has 0 fully saturated rings. The zero-order valence-electron chi connectivity index (χ0n) is 16.4. The fourth-order valence-corrected chi connectivity index (χ4v) is 4.69. The average molecular weight is 390 g/mol. The Kier molecular flexibility index (Phi) is 3.59. The van der Waals surface area contributed by atoms with Crippen molar-refractivity contribution in [1.29, 1.82) is 0 Å². The summed E-state index contributed by atoms with van der Waals surface area (Å²) in [6.07, 6.45) is 0. The Hall–Kier alpha value is -3.85. The molecule has 144 valence electrons. The van der Waals surface area contributed by atoms with E-state index in [9.17, 15) is 4.79 Å². The third kappa shape index (κ3) is 2.29. The van der Waals surface area contributed by atoms with Gasteiger partial charge in [0.05, 0.1) is 12.7 Å². The molecular weight excluding hydrogens is 372 g/mol. The topological polar surface area (TPSA) is 35.5 Å². The Bertz CT molecular complexity index is 1360. The lowest BCUT2D eigenvalue weighted by Gasteiger charge is -2.29. The van der Waals surface area contributed by atoms with E-state index in [2.05, 4.69) is 18.2 Å². The number of rotatable bonds is 2. The SMILES string of the molecule is COc1ccc(C2C3=C(Oc4ccc5ccccc5c42)c2ccccc2C3=O)cc1. The monoisotopic (exact) mass is 390 g/mol. The number of hydrogen-bond donors (Lipinski definition) is 0. The Morgan fingerprint density at radius 3 is 2.33 bits per heavy atom. The molecule has 1 aliphatic heterocycles. The summed E-state index contributed by atoms with van der Waals surface area (Å²) < 4.78 is 11.7. The maximum absolute atomic E-state index is 13.5. The molecule has 0 saturated carbocycles. The smallest absolute Gasteiger partial charge is 0.194 e. The standard InChI is InChI=1S/C27H18O3/c1-29-18-13-10-17(11-14-18)23-24-19-7-3-2-6-16(19)12-15-22(24)30-27-21-9-5-4-8-20(21)26(28)25(23)27/h2-15,23H,1H3. The molecule has 2 aliphatic rings. The molecule has 0 aromatic heterocycles. The van der Waals surface area contributed by atoms with Crippen molar-refractivity contribution < 1.29 is 14.3 Å². The number of fused-ring (bicyclic) bond motifs is 5. The molecular formula is C27H18O3. The first-order valence-electron chi connectivity index (χ1n) is 9.98. The second-order valence-electron chi connectivity index (χ2n) is 7.62. The van der Waals surface area contributed by atoms with Crippen LogP contribution in [0.1, 0.15) is 33.0 Å². The molecule has 1 aliphatic carbocycles. The van der Waals surface area contributed by atoms with Crippen molar-refractivity contribution in [2.45, 2.75) is 5.92 Å². The van der Waals surface area contributed by atoms with Gasteiger partial charge in [0, 0.05) is 22.6 Å². The largest absolute Gasteiger partial charge is 0.497 e. The summed E-state index contributed by atoms with van der Waals surface area (Å²) in [5.41, 5.74) is 4.38. The molecule has 1 unspecified atom stereocenters. The van der Waals surface area contributed by atoms with Gasteiger partial charge in [0.2, 0.25) is 0 Å². The van der Waals surface area contributed by atoms with Crippen LogP contribution < -0.4 is 9.47 Å². The lowest BCUT2D eigenvalue weighted by Crippen LogP contribution is -2.17. The fourth-order valence-electron chi connectivity index (χ4n) is 4.69. The molecule has 0 N–H and O–H groups in total. The van der Waals surface area contributed by atoms with E-state index in [1.54, 1.807) is 7.11 Å². The summed E-state index contributed by atoms with van der Waals surface area (Å²) in [4.78, 5) is 13.5. The first kappa shape index (κ1) is 17.0. The number of ether oxygens (including phenoxy) is 2. The number of hydrogen-bond acceptors (Lipinski definition) is 3. The maximum atomic E-state index is 13.5. The van der Waals surface area contributed by atoms with Crippen LogP contribution >= 0.6 is 0 Å². The zero-order chi connectivity index (χ0) is 20.2. The zero-order valence-corrected chi connectivity index (χ0v) is 16.4. The Balaban J connectivity index is 1.66. The predicted molar refractivity (Wildman–Crippen MR) is 117 cm³/mol. The van der Waals surface area contributed by atoms with Crippen molar-refractivity contribution in [3.63, 3.8) is 0 Å². The highest BCUT2D eigenvalue weighted by Gasteiger charge is 2.42. The maximum Gasteiger partial charge on any atom is 0.194 e. The minimum absolute atomic E-state index is 0.0417. The minimum atomic E-state index is -0.208. The molecule has 0 bridgehead atoms. The second kappa shape index (κ2) is 6.33. The van der Waals surface area contributed by atoms with Crippen LogP contribution in [0.15, 0.2) is 90.5 Å². The van der Waals surface area contributed by atoms with Gasteiger partial charge < -0.3 is 9.47 Å². The molecule has 3 heteroatoms. The minimum Gasteiger partial charge on any atom is -0.497 e. The van der Waals surface area contributed by atoms with Crippen LogP contribution in [-0.4, -0.2) is 12.9 Å². The summed E-state index contributed by atoms with van der Waals surface area (Å²) in [5.74, 6) is 2.11. The summed E-state index contributed by atoms with van der Waals surface area (Å²) >= 11 is 0. The van der Waals surface area contributed by atoms with Gasteiger partial charge in [-0.15, -0.1) is 0 Å². The normalized spacial score (nSPS) is 16.7. The van der Waals surface area contributed by atoms with Gasteiger partial charge in [-0.3, -0.25) is 4.79 Å². The number of carbonyl (C=O) groups is 1. The van der Waals surface area contributed by atoms with Crippen LogP contribution in [0.3, 0.4) is 0 Å². The summed E-state index contributed by atoms with van der Waals surface area (Å²) in [6, 6.07) is 28.0. The van der Waals surface area contributed by atoms with Gasteiger partial charge in [-0.1, -0.05) is 66.7 Å². The lowest BCUT2D eigenvalue weighted by atomic mass is 9.79. The molecule has 0 spiro atoms. The van der Waals surface area contributed by atoms with Crippen molar-refractivity contribution in [2.24, 2.45) is 0 Å². The van der Waals surface area contributed by atoms with Crippen molar-refractivity contribution >= 4 is 22.3 Å². The molecule has 0 saturated heterocycles. The number of benzene rings is 4. The van der Waals surface area contributed by atoms with Crippen LogP contribution in [0.4, 0.5) is 0 Å². The van der Waals surface area contributed by atoms with Gasteiger partial charge >= 0.3 is 0 Å².